The fraction of sp³-hybridized carbons (Fsp3) is 0.435. The van der Waals surface area contributed by atoms with Gasteiger partial charge in [0, 0.05) is 74.5 Å². The first-order chi connectivity index (χ1) is 15.2. The molecule has 0 spiro atoms. The second-order valence-electron chi connectivity index (χ2n) is 8.32. The molecule has 2 aliphatic heterocycles. The van der Waals surface area contributed by atoms with Crippen LogP contribution in [0.5, 0.6) is 0 Å². The van der Waals surface area contributed by atoms with Crippen LogP contribution in [0.2, 0.25) is 0 Å². The monoisotopic (exact) mass is 420 g/mol. The van der Waals surface area contributed by atoms with E-state index in [0.29, 0.717) is 24.8 Å². The van der Waals surface area contributed by atoms with Gasteiger partial charge in [0.1, 0.15) is 5.65 Å². The molecule has 2 aromatic heterocycles. The fourth-order valence-corrected chi connectivity index (χ4v) is 4.34. The minimum absolute atomic E-state index is 0.0272. The standard InChI is InChI=1S/C23H28N6O2/c1-27-10-12-28(13-11-27)19-5-3-18(4-6-19)25-23-24-16-17-2-7-21(30)29(22(17)26-23)20-8-14-31-15-9-20/h2-7,16,20H,8-15H2,1H3,(H,24,25,26). The molecule has 3 aromatic rings. The molecule has 0 bridgehead atoms. The molecular weight excluding hydrogens is 392 g/mol. The number of rotatable bonds is 4. The molecular formula is C23H28N6O2. The molecule has 8 heteroatoms. The molecule has 1 N–H and O–H groups in total. The molecule has 5 rings (SSSR count). The van der Waals surface area contributed by atoms with Gasteiger partial charge in [0.2, 0.25) is 5.95 Å². The number of hydrogen-bond acceptors (Lipinski definition) is 7. The van der Waals surface area contributed by atoms with Crippen molar-refractivity contribution in [1.82, 2.24) is 19.4 Å². The highest BCUT2D eigenvalue weighted by Gasteiger charge is 2.20. The van der Waals surface area contributed by atoms with Gasteiger partial charge in [0.15, 0.2) is 0 Å². The third-order valence-electron chi connectivity index (χ3n) is 6.21. The first-order valence-electron chi connectivity index (χ1n) is 10.9. The Morgan fingerprint density at radius 2 is 1.74 bits per heavy atom. The number of nitrogens with one attached hydrogen (secondary N) is 1. The fourth-order valence-electron chi connectivity index (χ4n) is 4.34. The summed E-state index contributed by atoms with van der Waals surface area (Å²) < 4.78 is 7.27. The predicted octanol–water partition coefficient (Wildman–Crippen LogP) is 2.64. The van der Waals surface area contributed by atoms with Crippen molar-refractivity contribution < 1.29 is 4.74 Å². The lowest BCUT2D eigenvalue weighted by molar-refractivity contribution is 0.0697. The molecule has 2 fully saturated rings. The van der Waals surface area contributed by atoms with Gasteiger partial charge in [-0.1, -0.05) is 0 Å². The van der Waals surface area contributed by atoms with Crippen LogP contribution in [0.25, 0.3) is 11.0 Å². The summed E-state index contributed by atoms with van der Waals surface area (Å²) in [5.74, 6) is 0.492. The van der Waals surface area contributed by atoms with Crippen molar-refractivity contribution in [3.05, 3.63) is 52.9 Å². The number of aromatic nitrogens is 3. The van der Waals surface area contributed by atoms with Crippen molar-refractivity contribution in [1.29, 1.82) is 0 Å². The number of benzene rings is 1. The van der Waals surface area contributed by atoms with E-state index < -0.39 is 0 Å². The van der Waals surface area contributed by atoms with E-state index in [4.69, 9.17) is 9.72 Å². The number of piperazine rings is 1. The van der Waals surface area contributed by atoms with E-state index >= 15 is 0 Å². The van der Waals surface area contributed by atoms with Crippen LogP contribution < -0.4 is 15.8 Å². The SMILES string of the molecule is CN1CCN(c2ccc(Nc3ncc4ccc(=O)n(C5CCOCC5)c4n3)cc2)CC1. The Morgan fingerprint density at radius 1 is 1.00 bits per heavy atom. The van der Waals surface area contributed by atoms with E-state index in [1.165, 1.54) is 5.69 Å². The topological polar surface area (TPSA) is 75.5 Å². The maximum atomic E-state index is 12.6. The van der Waals surface area contributed by atoms with Gasteiger partial charge < -0.3 is 19.9 Å². The zero-order valence-electron chi connectivity index (χ0n) is 17.8. The molecule has 2 aliphatic rings. The predicted molar refractivity (Wildman–Crippen MR) is 122 cm³/mol. The number of fused-ring (bicyclic) bond motifs is 1. The highest BCUT2D eigenvalue weighted by Crippen LogP contribution is 2.25. The van der Waals surface area contributed by atoms with Gasteiger partial charge in [-0.2, -0.15) is 4.98 Å². The number of hydrogen-bond donors (Lipinski definition) is 1. The molecule has 0 atom stereocenters. The van der Waals surface area contributed by atoms with Crippen molar-refractivity contribution >= 4 is 28.4 Å². The van der Waals surface area contributed by atoms with Gasteiger partial charge in [-0.3, -0.25) is 9.36 Å². The molecule has 0 saturated carbocycles. The summed E-state index contributed by atoms with van der Waals surface area (Å²) in [4.78, 5) is 26.6. The van der Waals surface area contributed by atoms with Crippen LogP contribution >= 0.6 is 0 Å². The van der Waals surface area contributed by atoms with Gasteiger partial charge in [0.05, 0.1) is 0 Å². The number of nitrogens with zero attached hydrogens (tertiary/aromatic N) is 5. The molecule has 1 aromatic carbocycles. The quantitative estimate of drug-likeness (QED) is 0.695. The van der Waals surface area contributed by atoms with Crippen LogP contribution in [0.15, 0.2) is 47.4 Å². The average molecular weight is 421 g/mol. The van der Waals surface area contributed by atoms with E-state index in [0.717, 1.165) is 50.1 Å². The molecule has 0 amide bonds. The van der Waals surface area contributed by atoms with Crippen LogP contribution in [0, 0.1) is 0 Å². The van der Waals surface area contributed by atoms with Gasteiger partial charge in [-0.15, -0.1) is 0 Å². The Hall–Kier alpha value is -2.97. The smallest absolute Gasteiger partial charge is 0.252 e. The molecule has 2 saturated heterocycles. The van der Waals surface area contributed by atoms with Gasteiger partial charge in [-0.05, 0) is 50.2 Å². The molecule has 0 unspecified atom stereocenters. The van der Waals surface area contributed by atoms with E-state index in [9.17, 15) is 4.79 Å². The minimum Gasteiger partial charge on any atom is -0.381 e. The van der Waals surface area contributed by atoms with Crippen LogP contribution in [0.1, 0.15) is 18.9 Å². The van der Waals surface area contributed by atoms with Gasteiger partial charge in [0.25, 0.3) is 5.56 Å². The van der Waals surface area contributed by atoms with Crippen LogP contribution in [0.4, 0.5) is 17.3 Å². The van der Waals surface area contributed by atoms with E-state index in [-0.39, 0.29) is 11.6 Å². The summed E-state index contributed by atoms with van der Waals surface area (Å²) >= 11 is 0. The van der Waals surface area contributed by atoms with Crippen molar-refractivity contribution in [2.24, 2.45) is 0 Å². The minimum atomic E-state index is -0.0272. The zero-order chi connectivity index (χ0) is 21.2. The van der Waals surface area contributed by atoms with Gasteiger partial charge >= 0.3 is 0 Å². The van der Waals surface area contributed by atoms with Gasteiger partial charge in [-0.25, -0.2) is 4.98 Å². The van der Waals surface area contributed by atoms with Crippen LogP contribution in [-0.4, -0.2) is 65.9 Å². The number of pyridine rings is 1. The lowest BCUT2D eigenvalue weighted by Gasteiger charge is -2.34. The number of anilines is 3. The summed E-state index contributed by atoms with van der Waals surface area (Å²) in [6.07, 6.45) is 3.41. The van der Waals surface area contributed by atoms with Crippen LogP contribution in [-0.2, 0) is 4.74 Å². The third kappa shape index (κ3) is 4.26. The highest BCUT2D eigenvalue weighted by atomic mass is 16.5. The van der Waals surface area contributed by atoms with Crippen LogP contribution in [0.3, 0.4) is 0 Å². The molecule has 4 heterocycles. The number of likely N-dealkylation sites (N-methyl/N-ethyl adjacent to an activating group) is 1. The first kappa shape index (κ1) is 20.0. The molecule has 162 valence electrons. The lowest BCUT2D eigenvalue weighted by Crippen LogP contribution is -2.44. The van der Waals surface area contributed by atoms with Crippen molar-refractivity contribution in [3.63, 3.8) is 0 Å². The first-order valence-corrected chi connectivity index (χ1v) is 10.9. The maximum Gasteiger partial charge on any atom is 0.252 e. The molecule has 8 nitrogen and oxygen atoms in total. The van der Waals surface area contributed by atoms with E-state index in [1.807, 2.05) is 0 Å². The van der Waals surface area contributed by atoms with Crippen molar-refractivity contribution in [2.45, 2.75) is 18.9 Å². The zero-order valence-corrected chi connectivity index (χ0v) is 17.8. The number of ether oxygens (including phenoxy) is 1. The lowest BCUT2D eigenvalue weighted by atomic mass is 10.1. The third-order valence-corrected chi connectivity index (χ3v) is 6.21. The summed E-state index contributed by atoms with van der Waals surface area (Å²) in [6.45, 7) is 5.59. The molecule has 31 heavy (non-hydrogen) atoms. The second-order valence-corrected chi connectivity index (χ2v) is 8.32. The molecule has 0 radical (unpaired) electrons. The highest BCUT2D eigenvalue weighted by molar-refractivity contribution is 5.76. The Bertz CT molecular complexity index is 1100. The Balaban J connectivity index is 1.38. The van der Waals surface area contributed by atoms with E-state index in [1.54, 1.807) is 22.9 Å². The van der Waals surface area contributed by atoms with E-state index in [2.05, 4.69) is 51.4 Å². The summed E-state index contributed by atoms with van der Waals surface area (Å²) in [6, 6.07) is 11.9. The Morgan fingerprint density at radius 3 is 2.48 bits per heavy atom. The molecule has 0 aliphatic carbocycles. The Labute approximate surface area is 181 Å². The maximum absolute atomic E-state index is 12.6. The average Bonchev–Trinajstić information content (AvgIpc) is 2.81. The summed E-state index contributed by atoms with van der Waals surface area (Å²) in [5.41, 5.74) is 2.80. The largest absolute Gasteiger partial charge is 0.381 e. The van der Waals surface area contributed by atoms with Crippen molar-refractivity contribution in [2.75, 3.05) is 56.7 Å². The summed E-state index contributed by atoms with van der Waals surface area (Å²) in [5, 5.41) is 4.16. The van der Waals surface area contributed by atoms with Crippen molar-refractivity contribution in [3.8, 4) is 0 Å². The Kier molecular flexibility index (Phi) is 5.57. The summed E-state index contributed by atoms with van der Waals surface area (Å²) in [7, 11) is 2.16. The normalized spacial score (nSPS) is 18.4. The second kappa shape index (κ2) is 8.64.